The lowest BCUT2D eigenvalue weighted by molar-refractivity contribution is 0.601. The summed E-state index contributed by atoms with van der Waals surface area (Å²) in [4.78, 5) is 1.72. The lowest BCUT2D eigenvalue weighted by Gasteiger charge is -2.24. The number of hydrogen-bond donors (Lipinski definition) is 1. The van der Waals surface area contributed by atoms with Crippen molar-refractivity contribution in [2.24, 2.45) is 0 Å². The highest BCUT2D eigenvalue weighted by Crippen LogP contribution is 2.41. The molecule has 1 aromatic carbocycles. The third kappa shape index (κ3) is 2.46. The molecule has 2 fully saturated rings. The van der Waals surface area contributed by atoms with Crippen LogP contribution in [0.3, 0.4) is 0 Å². The van der Waals surface area contributed by atoms with Crippen LogP contribution < -0.4 is 4.90 Å². The number of halogens is 2. The monoisotopic (exact) mass is 336 g/mol. The first-order chi connectivity index (χ1) is 8.85. The van der Waals surface area contributed by atoms with Crippen molar-refractivity contribution in [2.45, 2.75) is 11.3 Å². The Morgan fingerprint density at radius 3 is 2.47 bits per heavy atom. The number of thioether (sulfide) groups is 1. The van der Waals surface area contributed by atoms with Crippen LogP contribution >= 0.6 is 35.0 Å². The molecule has 2 saturated heterocycles. The van der Waals surface area contributed by atoms with Gasteiger partial charge in [-0.25, -0.2) is 8.42 Å². The molecule has 2 unspecified atom stereocenters. The molecular weight excluding hydrogens is 327 g/mol. The number of nitrogens with one attached hydrogen (secondary N) is 1. The average Bonchev–Trinajstić information content (AvgIpc) is 2.66. The first-order valence-electron chi connectivity index (χ1n) is 5.57. The molecule has 2 atom stereocenters. The van der Waals surface area contributed by atoms with Gasteiger partial charge in [-0.05, 0) is 18.2 Å². The fourth-order valence-corrected chi connectivity index (χ4v) is 6.80. The summed E-state index contributed by atoms with van der Waals surface area (Å²) < 4.78 is 23.4. The molecule has 0 amide bonds. The molecule has 2 aliphatic heterocycles. The topological polar surface area (TPSA) is 61.2 Å². The van der Waals surface area contributed by atoms with E-state index in [-0.39, 0.29) is 22.8 Å². The maximum absolute atomic E-state index is 11.7. The van der Waals surface area contributed by atoms with Gasteiger partial charge in [0, 0.05) is 21.0 Å². The lowest BCUT2D eigenvalue weighted by Crippen LogP contribution is -2.37. The number of hydrogen-bond acceptors (Lipinski definition) is 4. The highest BCUT2D eigenvalue weighted by molar-refractivity contribution is 8.15. The van der Waals surface area contributed by atoms with E-state index in [9.17, 15) is 8.42 Å². The Labute approximate surface area is 125 Å². The number of fused-ring (bicyclic) bond motifs is 1. The van der Waals surface area contributed by atoms with Crippen LogP contribution in [-0.4, -0.2) is 36.4 Å². The predicted octanol–water partition coefficient (Wildman–Crippen LogP) is 2.65. The van der Waals surface area contributed by atoms with E-state index in [1.807, 2.05) is 0 Å². The number of benzene rings is 1. The molecule has 0 radical (unpaired) electrons. The van der Waals surface area contributed by atoms with Crippen LogP contribution in [0.15, 0.2) is 18.2 Å². The fourth-order valence-electron chi connectivity index (χ4n) is 2.49. The van der Waals surface area contributed by atoms with Crippen LogP contribution in [0.25, 0.3) is 0 Å². The molecule has 8 heteroatoms. The first-order valence-corrected chi connectivity index (χ1v) is 9.02. The summed E-state index contributed by atoms with van der Waals surface area (Å²) in [7, 11) is -3.02. The molecule has 1 N–H and O–H groups in total. The van der Waals surface area contributed by atoms with Crippen LogP contribution in [0.1, 0.15) is 0 Å². The van der Waals surface area contributed by atoms with Gasteiger partial charge in [0.05, 0.1) is 17.5 Å². The smallest absolute Gasteiger partial charge is 0.161 e. The maximum Gasteiger partial charge on any atom is 0.161 e. The van der Waals surface area contributed by atoms with Crippen molar-refractivity contribution in [2.75, 3.05) is 16.4 Å². The minimum Gasteiger partial charge on any atom is -0.316 e. The van der Waals surface area contributed by atoms with Crippen molar-refractivity contribution < 1.29 is 8.42 Å². The number of amidine groups is 1. The standard InChI is InChI=1S/C11H10Cl2N2O2S2/c12-6-1-7(13)3-8(2-6)15-9-4-19(16,17)5-10(9)18-11(15)14/h1-3,9-10,14H,4-5H2. The van der Waals surface area contributed by atoms with Gasteiger partial charge < -0.3 is 4.90 Å². The Morgan fingerprint density at radius 2 is 1.84 bits per heavy atom. The minimum absolute atomic E-state index is 0.0738. The van der Waals surface area contributed by atoms with Gasteiger partial charge in [0.1, 0.15) is 0 Å². The predicted molar refractivity (Wildman–Crippen MR) is 80.5 cm³/mol. The molecule has 4 nitrogen and oxygen atoms in total. The van der Waals surface area contributed by atoms with Crippen molar-refractivity contribution >= 4 is 55.7 Å². The molecule has 3 rings (SSSR count). The van der Waals surface area contributed by atoms with E-state index < -0.39 is 9.84 Å². The largest absolute Gasteiger partial charge is 0.316 e. The molecule has 102 valence electrons. The van der Waals surface area contributed by atoms with E-state index in [0.29, 0.717) is 20.9 Å². The second-order valence-corrected chi connectivity index (χ2v) is 8.86. The number of rotatable bonds is 1. The molecule has 0 aliphatic carbocycles. The van der Waals surface area contributed by atoms with Gasteiger partial charge in [0.2, 0.25) is 0 Å². The van der Waals surface area contributed by atoms with Crippen LogP contribution in [0.2, 0.25) is 10.0 Å². The summed E-state index contributed by atoms with van der Waals surface area (Å²) in [5.74, 6) is 0.215. The molecule has 19 heavy (non-hydrogen) atoms. The average molecular weight is 337 g/mol. The molecule has 0 aromatic heterocycles. The molecule has 2 aliphatic rings. The lowest BCUT2D eigenvalue weighted by atomic mass is 10.2. The van der Waals surface area contributed by atoms with Crippen molar-refractivity contribution in [3.05, 3.63) is 28.2 Å². The quantitative estimate of drug-likeness (QED) is 0.856. The van der Waals surface area contributed by atoms with Gasteiger partial charge in [0.15, 0.2) is 15.0 Å². The third-order valence-electron chi connectivity index (χ3n) is 3.21. The third-order valence-corrected chi connectivity index (χ3v) is 6.78. The van der Waals surface area contributed by atoms with Gasteiger partial charge in [-0.3, -0.25) is 5.41 Å². The highest BCUT2D eigenvalue weighted by Gasteiger charge is 2.48. The van der Waals surface area contributed by atoms with E-state index in [2.05, 4.69) is 0 Å². The van der Waals surface area contributed by atoms with E-state index in [0.717, 1.165) is 0 Å². The Hall–Kier alpha value is -0.430. The fraction of sp³-hybridized carbons (Fsp3) is 0.364. The summed E-state index contributed by atoms with van der Waals surface area (Å²) in [5.41, 5.74) is 0.680. The number of anilines is 1. The van der Waals surface area contributed by atoms with Crippen molar-refractivity contribution in [1.29, 1.82) is 5.41 Å². The number of sulfone groups is 1. The zero-order chi connectivity index (χ0) is 13.8. The second-order valence-electron chi connectivity index (χ2n) is 4.60. The van der Waals surface area contributed by atoms with Crippen LogP contribution in [0.4, 0.5) is 5.69 Å². The summed E-state index contributed by atoms with van der Waals surface area (Å²) in [6.45, 7) is 0. The zero-order valence-electron chi connectivity index (χ0n) is 9.64. The molecule has 0 bridgehead atoms. The van der Waals surface area contributed by atoms with E-state index in [4.69, 9.17) is 28.6 Å². The molecule has 1 aromatic rings. The molecular formula is C11H10Cl2N2O2S2. The van der Waals surface area contributed by atoms with E-state index in [1.54, 1.807) is 23.1 Å². The van der Waals surface area contributed by atoms with Crippen molar-refractivity contribution in [1.82, 2.24) is 0 Å². The Kier molecular flexibility index (Phi) is 3.24. The summed E-state index contributed by atoms with van der Waals surface area (Å²) in [6, 6.07) is 4.82. The molecule has 0 spiro atoms. The molecule has 0 saturated carbocycles. The van der Waals surface area contributed by atoms with Gasteiger partial charge in [-0.15, -0.1) is 0 Å². The Bertz CT molecular complexity index is 642. The van der Waals surface area contributed by atoms with Crippen LogP contribution in [0.5, 0.6) is 0 Å². The van der Waals surface area contributed by atoms with Gasteiger partial charge >= 0.3 is 0 Å². The van der Waals surface area contributed by atoms with Crippen molar-refractivity contribution in [3.63, 3.8) is 0 Å². The van der Waals surface area contributed by atoms with Crippen LogP contribution in [0, 0.1) is 5.41 Å². The SMILES string of the molecule is N=C1SC2CS(=O)(=O)CC2N1c1cc(Cl)cc(Cl)c1. The second kappa shape index (κ2) is 4.55. The Balaban J connectivity index is 2.02. The van der Waals surface area contributed by atoms with Gasteiger partial charge in [0.25, 0.3) is 0 Å². The first kappa shape index (κ1) is 13.5. The minimum atomic E-state index is -3.02. The van der Waals surface area contributed by atoms with E-state index in [1.165, 1.54) is 11.8 Å². The maximum atomic E-state index is 11.7. The van der Waals surface area contributed by atoms with Crippen molar-refractivity contribution in [3.8, 4) is 0 Å². The summed E-state index contributed by atoms with van der Waals surface area (Å²) >= 11 is 13.2. The van der Waals surface area contributed by atoms with Gasteiger partial charge in [-0.2, -0.15) is 0 Å². The van der Waals surface area contributed by atoms with Gasteiger partial charge in [-0.1, -0.05) is 35.0 Å². The van der Waals surface area contributed by atoms with Crippen LogP contribution in [-0.2, 0) is 9.84 Å². The normalized spacial score (nSPS) is 28.7. The summed E-state index contributed by atoms with van der Waals surface area (Å²) in [6.07, 6.45) is 0. The number of nitrogens with zero attached hydrogens (tertiary/aromatic N) is 1. The molecule has 2 heterocycles. The highest BCUT2D eigenvalue weighted by atomic mass is 35.5. The summed E-state index contributed by atoms with van der Waals surface area (Å²) in [5, 5.41) is 9.25. The van der Waals surface area contributed by atoms with E-state index >= 15 is 0 Å². The zero-order valence-corrected chi connectivity index (χ0v) is 12.8. The Morgan fingerprint density at radius 1 is 1.21 bits per heavy atom.